The van der Waals surface area contributed by atoms with Crippen LogP contribution in [-0.4, -0.2) is 62.0 Å². The molecule has 1 aliphatic heterocycles. The van der Waals surface area contributed by atoms with Crippen LogP contribution in [0, 0.1) is 0 Å². The molecule has 1 fully saturated rings. The first-order valence-electron chi connectivity index (χ1n) is 6.66. The second-order valence-electron chi connectivity index (χ2n) is 5.22. The van der Waals surface area contributed by atoms with Gasteiger partial charge in [0, 0.05) is 32.1 Å². The van der Waals surface area contributed by atoms with Crippen molar-refractivity contribution < 1.29 is 4.79 Å². The van der Waals surface area contributed by atoms with Crippen molar-refractivity contribution in [2.24, 2.45) is 0 Å². The van der Waals surface area contributed by atoms with Crippen molar-refractivity contribution in [3.63, 3.8) is 0 Å². The second kappa shape index (κ2) is 10.7. The molecule has 1 rings (SSSR count). The third kappa shape index (κ3) is 6.80. The molecule has 0 bridgehead atoms. The summed E-state index contributed by atoms with van der Waals surface area (Å²) in [4.78, 5) is 16.3. The maximum Gasteiger partial charge on any atom is 0.222 e. The van der Waals surface area contributed by atoms with E-state index in [-0.39, 0.29) is 24.8 Å². The van der Waals surface area contributed by atoms with Crippen molar-refractivity contribution in [2.45, 2.75) is 44.7 Å². The first kappa shape index (κ1) is 21.3. The zero-order chi connectivity index (χ0) is 12.8. The third-order valence-corrected chi connectivity index (χ3v) is 3.94. The molecular weight excluding hydrogens is 285 g/mol. The molecule has 116 valence electrons. The van der Waals surface area contributed by atoms with Gasteiger partial charge in [-0.1, -0.05) is 0 Å². The van der Waals surface area contributed by atoms with E-state index < -0.39 is 0 Å². The predicted molar refractivity (Wildman–Crippen MR) is 85.5 cm³/mol. The molecular formula is C13H29Cl2N3O. The average Bonchev–Trinajstić information content (AvgIpc) is 2.32. The van der Waals surface area contributed by atoms with Crippen molar-refractivity contribution in [3.8, 4) is 0 Å². The van der Waals surface area contributed by atoms with Gasteiger partial charge in [0.2, 0.25) is 5.91 Å². The number of halogens is 2. The van der Waals surface area contributed by atoms with Gasteiger partial charge in [0.15, 0.2) is 0 Å². The molecule has 1 N–H and O–H groups in total. The minimum absolute atomic E-state index is 0. The fourth-order valence-corrected chi connectivity index (χ4v) is 2.41. The van der Waals surface area contributed by atoms with E-state index in [4.69, 9.17) is 0 Å². The molecule has 0 spiro atoms. The van der Waals surface area contributed by atoms with E-state index in [0.717, 1.165) is 32.4 Å². The smallest absolute Gasteiger partial charge is 0.222 e. The van der Waals surface area contributed by atoms with Gasteiger partial charge in [-0.3, -0.25) is 4.79 Å². The summed E-state index contributed by atoms with van der Waals surface area (Å²) in [5.74, 6) is 0.294. The number of nitrogens with zero attached hydrogens (tertiary/aromatic N) is 2. The highest BCUT2D eigenvalue weighted by atomic mass is 35.5. The Morgan fingerprint density at radius 2 is 2.05 bits per heavy atom. The lowest BCUT2D eigenvalue weighted by atomic mass is 9.97. The largest absolute Gasteiger partial charge is 0.343 e. The Balaban J connectivity index is 0. The molecule has 1 saturated heterocycles. The Morgan fingerprint density at radius 1 is 1.42 bits per heavy atom. The van der Waals surface area contributed by atoms with E-state index >= 15 is 0 Å². The highest BCUT2D eigenvalue weighted by molar-refractivity contribution is 5.85. The zero-order valence-electron chi connectivity index (χ0n) is 12.5. The number of amides is 1. The number of carbonyl (C=O) groups is 1. The van der Waals surface area contributed by atoms with Gasteiger partial charge in [-0.2, -0.15) is 0 Å². The van der Waals surface area contributed by atoms with Crippen LogP contribution in [0.25, 0.3) is 0 Å². The van der Waals surface area contributed by atoms with E-state index in [0.29, 0.717) is 24.4 Å². The van der Waals surface area contributed by atoms with Crippen LogP contribution in [0.5, 0.6) is 0 Å². The summed E-state index contributed by atoms with van der Waals surface area (Å²) in [7, 11) is 6.05. The first-order chi connectivity index (χ1) is 8.06. The maximum absolute atomic E-state index is 12.0. The molecule has 0 aromatic rings. The van der Waals surface area contributed by atoms with Crippen molar-refractivity contribution in [3.05, 3.63) is 0 Å². The second-order valence-corrected chi connectivity index (χ2v) is 5.22. The van der Waals surface area contributed by atoms with E-state index in [1.54, 1.807) is 0 Å². The van der Waals surface area contributed by atoms with Gasteiger partial charge in [0.05, 0.1) is 0 Å². The molecule has 0 saturated carbocycles. The van der Waals surface area contributed by atoms with Crippen LogP contribution < -0.4 is 5.32 Å². The summed E-state index contributed by atoms with van der Waals surface area (Å²) in [6, 6.07) is 1.02. The lowest BCUT2D eigenvalue weighted by Crippen LogP contribution is -2.48. The predicted octanol–water partition coefficient (Wildman–Crippen LogP) is 1.77. The number of hydrogen-bond acceptors (Lipinski definition) is 3. The van der Waals surface area contributed by atoms with Crippen LogP contribution in [0.2, 0.25) is 0 Å². The highest BCUT2D eigenvalue weighted by Crippen LogP contribution is 2.20. The quantitative estimate of drug-likeness (QED) is 0.786. The summed E-state index contributed by atoms with van der Waals surface area (Å²) >= 11 is 0. The molecule has 2 atom stereocenters. The molecule has 19 heavy (non-hydrogen) atoms. The molecule has 4 nitrogen and oxygen atoms in total. The number of nitrogens with one attached hydrogen (secondary N) is 1. The molecule has 0 aromatic heterocycles. The Bertz CT molecular complexity index is 254. The summed E-state index contributed by atoms with van der Waals surface area (Å²) in [6.07, 6.45) is 3.81. The van der Waals surface area contributed by atoms with Gasteiger partial charge in [-0.25, -0.2) is 0 Å². The molecule has 6 heteroatoms. The fraction of sp³-hybridized carbons (Fsp3) is 0.923. The average molecular weight is 314 g/mol. The third-order valence-electron chi connectivity index (χ3n) is 3.94. The number of likely N-dealkylation sites (tertiary alicyclic amines) is 1. The lowest BCUT2D eigenvalue weighted by Gasteiger charge is -2.39. The van der Waals surface area contributed by atoms with Crippen LogP contribution in [0.15, 0.2) is 0 Å². The normalized spacial score (nSPS) is 23.2. The summed E-state index contributed by atoms with van der Waals surface area (Å²) in [6.45, 7) is 4.26. The topological polar surface area (TPSA) is 35.6 Å². The molecule has 1 heterocycles. The Labute approximate surface area is 130 Å². The molecule has 1 aliphatic rings. The lowest BCUT2D eigenvalue weighted by molar-refractivity contribution is -0.133. The van der Waals surface area contributed by atoms with Gasteiger partial charge in [-0.05, 0) is 46.8 Å². The Morgan fingerprint density at radius 3 is 2.58 bits per heavy atom. The van der Waals surface area contributed by atoms with E-state index in [9.17, 15) is 4.79 Å². The molecule has 0 radical (unpaired) electrons. The first-order valence-corrected chi connectivity index (χ1v) is 6.66. The minimum Gasteiger partial charge on any atom is -0.343 e. The van der Waals surface area contributed by atoms with Crippen molar-refractivity contribution in [1.29, 1.82) is 0 Å². The van der Waals surface area contributed by atoms with Crippen molar-refractivity contribution >= 4 is 30.7 Å². The van der Waals surface area contributed by atoms with Crippen molar-refractivity contribution in [1.82, 2.24) is 15.1 Å². The van der Waals surface area contributed by atoms with Crippen LogP contribution in [0.4, 0.5) is 0 Å². The van der Waals surface area contributed by atoms with Crippen LogP contribution in [0.3, 0.4) is 0 Å². The number of carbonyl (C=O) groups excluding carboxylic acids is 1. The van der Waals surface area contributed by atoms with Gasteiger partial charge in [0.25, 0.3) is 0 Å². The monoisotopic (exact) mass is 313 g/mol. The molecule has 2 unspecified atom stereocenters. The van der Waals surface area contributed by atoms with Crippen LogP contribution in [-0.2, 0) is 4.79 Å². The fourth-order valence-electron chi connectivity index (χ4n) is 2.41. The number of piperidine rings is 1. The van der Waals surface area contributed by atoms with Crippen LogP contribution >= 0.6 is 24.8 Å². The number of rotatable bonds is 5. The van der Waals surface area contributed by atoms with Gasteiger partial charge < -0.3 is 15.1 Å². The van der Waals surface area contributed by atoms with E-state index in [2.05, 4.69) is 24.2 Å². The maximum atomic E-state index is 12.0. The summed E-state index contributed by atoms with van der Waals surface area (Å²) in [5, 5.41) is 3.08. The standard InChI is InChI=1S/C13H27N3O.2ClH/c1-11-10-12(7-9-15(11)3)16(4)13(17)6-5-8-14-2;;/h11-12,14H,5-10H2,1-4H3;2*1H. The van der Waals surface area contributed by atoms with Gasteiger partial charge >= 0.3 is 0 Å². The van der Waals surface area contributed by atoms with Gasteiger partial charge in [0.1, 0.15) is 0 Å². The molecule has 1 amide bonds. The van der Waals surface area contributed by atoms with Crippen molar-refractivity contribution in [2.75, 3.05) is 34.2 Å². The highest BCUT2D eigenvalue weighted by Gasteiger charge is 2.27. The SMILES string of the molecule is CNCCCC(=O)N(C)C1CCN(C)C(C)C1.Cl.Cl. The van der Waals surface area contributed by atoms with Gasteiger partial charge in [-0.15, -0.1) is 24.8 Å². The minimum atomic E-state index is 0. The Hall–Kier alpha value is -0.0300. The summed E-state index contributed by atoms with van der Waals surface area (Å²) < 4.78 is 0. The number of hydrogen-bond donors (Lipinski definition) is 1. The Kier molecular flexibility index (Phi) is 12.0. The van der Waals surface area contributed by atoms with E-state index in [1.807, 2.05) is 19.0 Å². The molecule has 0 aliphatic carbocycles. The zero-order valence-corrected chi connectivity index (χ0v) is 14.1. The molecule has 0 aromatic carbocycles. The van der Waals surface area contributed by atoms with Crippen LogP contribution in [0.1, 0.15) is 32.6 Å². The van der Waals surface area contributed by atoms with E-state index in [1.165, 1.54) is 0 Å². The summed E-state index contributed by atoms with van der Waals surface area (Å²) in [5.41, 5.74) is 0.